The molecule has 0 aromatic rings. The van der Waals surface area contributed by atoms with Crippen LogP contribution in [0.1, 0.15) is 0 Å². The van der Waals surface area contributed by atoms with Crippen LogP contribution in [-0.4, -0.2) is 32.7 Å². The summed E-state index contributed by atoms with van der Waals surface area (Å²) >= 11 is 2.63. The van der Waals surface area contributed by atoms with E-state index in [9.17, 15) is 0 Å². The Morgan fingerprint density at radius 3 is 2.67 bits per heavy atom. The van der Waals surface area contributed by atoms with Crippen molar-refractivity contribution in [3.05, 3.63) is 0 Å². The van der Waals surface area contributed by atoms with E-state index in [0.717, 1.165) is 11.9 Å². The molecule has 0 aromatic heterocycles. The summed E-state index contributed by atoms with van der Waals surface area (Å²) in [6, 6.07) is 0. The molecule has 0 unspecified atom stereocenters. The predicted molar refractivity (Wildman–Crippen MR) is 30.9 cm³/mol. The molecule has 0 rings (SSSR count). The molecule has 0 amide bonds. The van der Waals surface area contributed by atoms with Crippen LogP contribution in [0.5, 0.6) is 0 Å². The molecule has 3 heteroatoms. The van der Waals surface area contributed by atoms with E-state index in [1.165, 1.54) is 0 Å². The molecule has 6 heavy (non-hydrogen) atoms. The summed E-state index contributed by atoms with van der Waals surface area (Å²) in [6.45, 7) is 3.08. The third-order valence-corrected chi connectivity index (χ3v) is 1.40. The van der Waals surface area contributed by atoms with Gasteiger partial charge in [-0.2, -0.15) is 0 Å². The average Bonchev–Trinajstić information content (AvgIpc) is 1.61. The molecule has 1 nitrogen and oxygen atoms in total. The Kier molecular flexibility index (Phi) is 6.38. The van der Waals surface area contributed by atoms with Gasteiger partial charge in [-0.25, -0.2) is 0 Å². The van der Waals surface area contributed by atoms with E-state index in [1.807, 2.05) is 0 Å². The Hall–Kier alpha value is 0.709. The van der Waals surface area contributed by atoms with Crippen LogP contribution in [0.3, 0.4) is 0 Å². The zero-order valence-corrected chi connectivity index (χ0v) is 6.68. The molecule has 0 spiro atoms. The molecular weight excluding hydrogens is 107 g/mol. The molecule has 0 aromatic carbocycles. The quantitative estimate of drug-likeness (QED) is 0.364. The van der Waals surface area contributed by atoms with Gasteiger partial charge in [-0.1, -0.05) is 0 Å². The van der Waals surface area contributed by atoms with Crippen molar-refractivity contribution in [2.45, 2.75) is 11.8 Å². The Labute approximate surface area is 49.4 Å². The second kappa shape index (κ2) is 5.71. The van der Waals surface area contributed by atoms with Gasteiger partial charge in [0.1, 0.15) is 0 Å². The van der Waals surface area contributed by atoms with Crippen LogP contribution >= 0.6 is 0 Å². The molecule has 0 radical (unpaired) electrons. The van der Waals surface area contributed by atoms with Crippen LogP contribution in [0.25, 0.3) is 0 Å². The summed E-state index contributed by atoms with van der Waals surface area (Å²) < 4.78 is 5.10. The van der Waals surface area contributed by atoms with E-state index in [0.29, 0.717) is 0 Å². The van der Waals surface area contributed by atoms with Crippen molar-refractivity contribution in [3.8, 4) is 0 Å². The van der Waals surface area contributed by atoms with Gasteiger partial charge < -0.3 is 0 Å². The molecule has 0 bridgehead atoms. The van der Waals surface area contributed by atoms with Gasteiger partial charge in [0.15, 0.2) is 0 Å². The summed E-state index contributed by atoms with van der Waals surface area (Å²) in [5.74, 6) is 0. The van der Waals surface area contributed by atoms with E-state index < -0.39 is 0 Å². The van der Waals surface area contributed by atoms with Crippen molar-refractivity contribution in [1.29, 1.82) is 0 Å². The van der Waals surface area contributed by atoms with Gasteiger partial charge in [-0.05, 0) is 0 Å². The third kappa shape index (κ3) is 4.71. The Morgan fingerprint density at radius 1 is 1.83 bits per heavy atom. The molecular formula is C3H9AlOSi+2. The minimum absolute atomic E-state index is 0.110. The molecule has 0 aliphatic rings. The predicted octanol–water partition coefficient (Wildman–Crippen LogP) is -0.278. The fourth-order valence-corrected chi connectivity index (χ4v) is 1.18. The van der Waals surface area contributed by atoms with Gasteiger partial charge in [0, 0.05) is 0 Å². The summed E-state index contributed by atoms with van der Waals surface area (Å²) in [4.78, 5) is 0. The van der Waals surface area contributed by atoms with Crippen molar-refractivity contribution in [2.24, 2.45) is 0 Å². The van der Waals surface area contributed by atoms with E-state index in [1.54, 1.807) is 0 Å². The van der Waals surface area contributed by atoms with Crippen LogP contribution in [0.4, 0.5) is 0 Å². The summed E-state index contributed by atoms with van der Waals surface area (Å²) in [6.07, 6.45) is 0. The SMILES string of the molecule is C[SiH2]OC[CH2][Al+2]. The first-order valence-electron chi connectivity index (χ1n) is 2.19. The monoisotopic (exact) mass is 116 g/mol. The number of hydrogen-bond donors (Lipinski definition) is 0. The Morgan fingerprint density at radius 2 is 2.50 bits per heavy atom. The standard InChI is InChI=1S/C3H9OSi.Al/c1-3-4-5-2;/h1,3,5H2,2H3;/q;+2. The maximum atomic E-state index is 5.10. The van der Waals surface area contributed by atoms with Gasteiger partial charge in [-0.15, -0.1) is 0 Å². The summed E-state index contributed by atoms with van der Waals surface area (Å²) in [5.41, 5.74) is 0. The van der Waals surface area contributed by atoms with Crippen LogP contribution in [0, 0.1) is 0 Å². The first-order chi connectivity index (χ1) is 2.91. The van der Waals surface area contributed by atoms with Crippen molar-refractivity contribution in [2.75, 3.05) is 6.61 Å². The average molecular weight is 116 g/mol. The van der Waals surface area contributed by atoms with Crippen LogP contribution in [0.2, 0.25) is 11.8 Å². The summed E-state index contributed by atoms with van der Waals surface area (Å²) in [7, 11) is -0.110. The zero-order valence-electron chi connectivity index (χ0n) is 4.11. The summed E-state index contributed by atoms with van der Waals surface area (Å²) in [5, 5.41) is 1.08. The normalized spacial score (nSPS) is 11.2. The van der Waals surface area contributed by atoms with E-state index in [4.69, 9.17) is 4.43 Å². The third-order valence-electron chi connectivity index (χ3n) is 0.466. The molecule has 0 saturated carbocycles. The van der Waals surface area contributed by atoms with Crippen molar-refractivity contribution in [3.63, 3.8) is 0 Å². The van der Waals surface area contributed by atoms with E-state index in [-0.39, 0.29) is 9.76 Å². The zero-order chi connectivity index (χ0) is 4.83. The van der Waals surface area contributed by atoms with Crippen molar-refractivity contribution >= 4 is 26.1 Å². The molecule has 0 fully saturated rings. The van der Waals surface area contributed by atoms with Gasteiger partial charge in [0.2, 0.25) is 0 Å². The first kappa shape index (κ1) is 6.71. The molecule has 0 atom stereocenters. The first-order valence-corrected chi connectivity index (χ1v) is 5.00. The Balaban J connectivity index is 2.34. The van der Waals surface area contributed by atoms with Gasteiger partial charge >= 0.3 is 48.9 Å². The van der Waals surface area contributed by atoms with Crippen LogP contribution in [0.15, 0.2) is 0 Å². The van der Waals surface area contributed by atoms with Crippen LogP contribution in [-0.2, 0) is 4.43 Å². The van der Waals surface area contributed by atoms with Crippen LogP contribution < -0.4 is 0 Å². The molecule has 0 heterocycles. The molecule has 32 valence electrons. The van der Waals surface area contributed by atoms with Gasteiger partial charge in [0.25, 0.3) is 0 Å². The topological polar surface area (TPSA) is 9.23 Å². The molecule has 0 N–H and O–H groups in total. The second-order valence-electron chi connectivity index (χ2n) is 0.986. The molecule has 0 aliphatic heterocycles. The van der Waals surface area contributed by atoms with Crippen molar-refractivity contribution in [1.82, 2.24) is 0 Å². The fraction of sp³-hybridized carbons (Fsp3) is 1.00. The van der Waals surface area contributed by atoms with E-state index >= 15 is 0 Å². The van der Waals surface area contributed by atoms with Gasteiger partial charge in [-0.3, -0.25) is 0 Å². The number of rotatable bonds is 3. The van der Waals surface area contributed by atoms with Crippen molar-refractivity contribution < 1.29 is 4.43 Å². The van der Waals surface area contributed by atoms with E-state index in [2.05, 4.69) is 22.8 Å². The fourth-order valence-electron chi connectivity index (χ4n) is 0.228. The Bertz CT molecular complexity index is 22.8. The second-order valence-corrected chi connectivity index (χ2v) is 2.55. The number of hydrogen-bond acceptors (Lipinski definition) is 1. The molecule has 0 aliphatic carbocycles. The minimum atomic E-state index is -0.110. The maximum absolute atomic E-state index is 5.10. The van der Waals surface area contributed by atoms with Gasteiger partial charge in [0.05, 0.1) is 0 Å². The molecule has 0 saturated heterocycles.